The van der Waals surface area contributed by atoms with Crippen LogP contribution >= 0.6 is 12.2 Å². The zero-order chi connectivity index (χ0) is 24.2. The summed E-state index contributed by atoms with van der Waals surface area (Å²) in [5, 5.41) is 8.46. The molecule has 0 fully saturated rings. The van der Waals surface area contributed by atoms with Crippen LogP contribution in [0.2, 0.25) is 0 Å². The molecule has 1 N–H and O–H groups in total. The molecule has 3 aromatic rings. The smallest absolute Gasteiger partial charge is 0.258 e. The average molecular weight is 479 g/mol. The van der Waals surface area contributed by atoms with Crippen molar-refractivity contribution in [3.63, 3.8) is 0 Å². The van der Waals surface area contributed by atoms with Gasteiger partial charge in [-0.2, -0.15) is 4.98 Å². The quantitative estimate of drug-likeness (QED) is 0.356. The molecule has 1 aliphatic rings. The number of allylic oxidation sites excluding steroid dienone is 1. The Morgan fingerprint density at radius 2 is 1.91 bits per heavy atom. The van der Waals surface area contributed by atoms with Crippen molar-refractivity contribution in [3.05, 3.63) is 70.7 Å². The number of aromatic nitrogens is 2. The topological polar surface area (TPSA) is 72.7 Å². The summed E-state index contributed by atoms with van der Waals surface area (Å²) >= 11 is 5.76. The molecule has 1 atom stereocenters. The SMILES string of the molecule is COCCCN1C(=S)NC(c2ccc(C)c(C)c2)C(c2nc(-c3cccc(OC)c3)no2)=C1C. The molecule has 1 aliphatic heterocycles. The Bertz CT molecular complexity index is 1220. The molecule has 2 aromatic carbocycles. The lowest BCUT2D eigenvalue weighted by Gasteiger charge is -2.37. The van der Waals surface area contributed by atoms with Crippen molar-refractivity contribution in [3.8, 4) is 17.1 Å². The molecule has 1 unspecified atom stereocenters. The van der Waals surface area contributed by atoms with Gasteiger partial charge in [0.05, 0.1) is 18.7 Å². The second kappa shape index (κ2) is 10.4. The zero-order valence-corrected chi connectivity index (χ0v) is 21.0. The summed E-state index contributed by atoms with van der Waals surface area (Å²) in [7, 11) is 3.34. The van der Waals surface area contributed by atoms with E-state index >= 15 is 0 Å². The van der Waals surface area contributed by atoms with Crippen LogP contribution in [-0.4, -0.2) is 47.5 Å². The van der Waals surface area contributed by atoms with Crippen LogP contribution in [0.3, 0.4) is 0 Å². The number of hydrogen-bond donors (Lipinski definition) is 1. The van der Waals surface area contributed by atoms with E-state index in [0.717, 1.165) is 41.1 Å². The van der Waals surface area contributed by atoms with Gasteiger partial charge in [-0.1, -0.05) is 35.5 Å². The monoisotopic (exact) mass is 478 g/mol. The highest BCUT2D eigenvalue weighted by molar-refractivity contribution is 7.80. The summed E-state index contributed by atoms with van der Waals surface area (Å²) in [5.41, 5.74) is 6.28. The van der Waals surface area contributed by atoms with E-state index in [1.54, 1.807) is 14.2 Å². The number of nitrogens with one attached hydrogen (secondary N) is 1. The highest BCUT2D eigenvalue weighted by Gasteiger charge is 2.34. The first kappa shape index (κ1) is 23.9. The third-order valence-corrected chi connectivity index (χ3v) is 6.51. The van der Waals surface area contributed by atoms with Crippen LogP contribution in [0, 0.1) is 13.8 Å². The fraction of sp³-hybridized carbons (Fsp3) is 0.346. The van der Waals surface area contributed by atoms with Crippen LogP contribution in [0.1, 0.15) is 42.0 Å². The van der Waals surface area contributed by atoms with Crippen LogP contribution < -0.4 is 10.1 Å². The van der Waals surface area contributed by atoms with Crippen LogP contribution in [-0.2, 0) is 4.74 Å². The van der Waals surface area contributed by atoms with E-state index in [0.29, 0.717) is 23.4 Å². The molecule has 0 radical (unpaired) electrons. The van der Waals surface area contributed by atoms with Crippen LogP contribution in [0.15, 0.2) is 52.7 Å². The van der Waals surface area contributed by atoms with Crippen molar-refractivity contribution < 1.29 is 14.0 Å². The minimum atomic E-state index is -0.205. The predicted octanol–water partition coefficient (Wildman–Crippen LogP) is 5.06. The van der Waals surface area contributed by atoms with Crippen molar-refractivity contribution in [2.24, 2.45) is 0 Å². The number of thiocarbonyl (C=S) groups is 1. The number of aryl methyl sites for hydroxylation is 2. The fourth-order valence-electron chi connectivity index (χ4n) is 4.10. The molecular weight excluding hydrogens is 448 g/mol. The molecule has 1 aromatic heterocycles. The maximum Gasteiger partial charge on any atom is 0.258 e. The van der Waals surface area contributed by atoms with Gasteiger partial charge in [0.2, 0.25) is 5.82 Å². The Morgan fingerprint density at radius 1 is 1.09 bits per heavy atom. The first-order valence-electron chi connectivity index (χ1n) is 11.3. The number of methoxy groups -OCH3 is 2. The molecule has 8 heteroatoms. The largest absolute Gasteiger partial charge is 0.497 e. The minimum Gasteiger partial charge on any atom is -0.497 e. The zero-order valence-electron chi connectivity index (χ0n) is 20.2. The van der Waals surface area contributed by atoms with Crippen molar-refractivity contribution in [1.82, 2.24) is 20.4 Å². The number of nitrogens with zero attached hydrogens (tertiary/aromatic N) is 3. The maximum atomic E-state index is 5.82. The lowest BCUT2D eigenvalue weighted by Crippen LogP contribution is -2.46. The highest BCUT2D eigenvalue weighted by atomic mass is 32.1. The summed E-state index contributed by atoms with van der Waals surface area (Å²) < 4.78 is 16.4. The van der Waals surface area contributed by atoms with Crippen LogP contribution in [0.25, 0.3) is 17.0 Å². The fourth-order valence-corrected chi connectivity index (χ4v) is 4.45. The normalized spacial score (nSPS) is 16.1. The van der Waals surface area contributed by atoms with E-state index in [1.807, 2.05) is 24.3 Å². The average Bonchev–Trinajstić information content (AvgIpc) is 3.32. The van der Waals surface area contributed by atoms with E-state index < -0.39 is 0 Å². The second-order valence-corrected chi connectivity index (χ2v) is 8.77. The maximum absolute atomic E-state index is 5.82. The van der Waals surface area contributed by atoms with E-state index in [2.05, 4.69) is 54.3 Å². The van der Waals surface area contributed by atoms with Gasteiger partial charge in [0.1, 0.15) is 5.75 Å². The molecular formula is C26H30N4O3S. The van der Waals surface area contributed by atoms with E-state index in [1.165, 1.54) is 11.1 Å². The molecule has 0 spiro atoms. The summed E-state index contributed by atoms with van der Waals surface area (Å²) in [6.45, 7) is 7.66. The Balaban J connectivity index is 1.78. The molecule has 2 heterocycles. The Kier molecular flexibility index (Phi) is 7.29. The first-order chi connectivity index (χ1) is 16.4. The molecule has 0 saturated carbocycles. The first-order valence-corrected chi connectivity index (χ1v) is 11.7. The second-order valence-electron chi connectivity index (χ2n) is 8.38. The molecule has 0 bridgehead atoms. The van der Waals surface area contributed by atoms with Gasteiger partial charge in [-0.15, -0.1) is 0 Å². The van der Waals surface area contributed by atoms with Crippen molar-refractivity contribution in [2.45, 2.75) is 33.2 Å². The third-order valence-electron chi connectivity index (χ3n) is 6.18. The third kappa shape index (κ3) is 4.83. The number of ether oxygens (including phenoxy) is 2. The molecule has 0 amide bonds. The Labute approximate surface area is 205 Å². The number of benzene rings is 2. The van der Waals surface area contributed by atoms with Crippen molar-refractivity contribution in [1.29, 1.82) is 0 Å². The van der Waals surface area contributed by atoms with Gasteiger partial charge in [-0.05, 0) is 68.2 Å². The Morgan fingerprint density at radius 3 is 2.65 bits per heavy atom. The van der Waals surface area contributed by atoms with E-state index in [9.17, 15) is 0 Å². The number of rotatable bonds is 8. The molecule has 4 rings (SSSR count). The highest BCUT2D eigenvalue weighted by Crippen LogP contribution is 2.38. The number of hydrogen-bond acceptors (Lipinski definition) is 6. The van der Waals surface area contributed by atoms with Gasteiger partial charge in [-0.3, -0.25) is 0 Å². The molecule has 34 heavy (non-hydrogen) atoms. The van der Waals surface area contributed by atoms with Gasteiger partial charge in [-0.25, -0.2) is 0 Å². The summed E-state index contributed by atoms with van der Waals surface area (Å²) in [5.74, 6) is 1.71. The van der Waals surface area contributed by atoms with Crippen LogP contribution in [0.4, 0.5) is 0 Å². The predicted molar refractivity (Wildman–Crippen MR) is 136 cm³/mol. The molecule has 7 nitrogen and oxygen atoms in total. The van der Waals surface area contributed by atoms with Gasteiger partial charge in [0, 0.05) is 31.5 Å². The Hall–Kier alpha value is -3.23. The lowest BCUT2D eigenvalue weighted by atomic mass is 9.92. The van der Waals surface area contributed by atoms with Gasteiger partial charge in [0.25, 0.3) is 5.89 Å². The van der Waals surface area contributed by atoms with Crippen molar-refractivity contribution in [2.75, 3.05) is 27.4 Å². The summed E-state index contributed by atoms with van der Waals surface area (Å²) in [6.07, 6.45) is 0.843. The van der Waals surface area contributed by atoms with Crippen LogP contribution in [0.5, 0.6) is 5.75 Å². The van der Waals surface area contributed by atoms with Gasteiger partial charge >= 0.3 is 0 Å². The van der Waals surface area contributed by atoms with E-state index in [4.69, 9.17) is 31.2 Å². The summed E-state index contributed by atoms with van der Waals surface area (Å²) in [6, 6.07) is 13.8. The minimum absolute atomic E-state index is 0.205. The van der Waals surface area contributed by atoms with Crippen molar-refractivity contribution >= 4 is 22.9 Å². The van der Waals surface area contributed by atoms with E-state index in [-0.39, 0.29) is 6.04 Å². The standard InChI is InChI=1S/C26H30N4O3S/c1-16-10-11-19(14-17(16)2)23-22(18(3)30(26(34)27-23)12-7-13-31-4)25-28-24(29-33-25)20-8-6-9-21(15-20)32-5/h6,8-11,14-15,23H,7,12-13H2,1-5H3,(H,27,34). The summed E-state index contributed by atoms with van der Waals surface area (Å²) in [4.78, 5) is 6.86. The molecule has 178 valence electrons. The van der Waals surface area contributed by atoms with Gasteiger partial charge in [0.15, 0.2) is 5.11 Å². The molecule has 0 aliphatic carbocycles. The lowest BCUT2D eigenvalue weighted by molar-refractivity contribution is 0.188. The molecule has 0 saturated heterocycles. The van der Waals surface area contributed by atoms with Gasteiger partial charge < -0.3 is 24.2 Å².